The van der Waals surface area contributed by atoms with Crippen LogP contribution in [0, 0.1) is 0 Å². The molecule has 0 fully saturated rings. The van der Waals surface area contributed by atoms with Gasteiger partial charge >= 0.3 is 0 Å². The molecule has 0 saturated carbocycles. The van der Waals surface area contributed by atoms with Crippen LogP contribution >= 0.6 is 0 Å². The second-order valence-corrected chi connectivity index (χ2v) is 4.40. The molecule has 5 heteroatoms. The van der Waals surface area contributed by atoms with E-state index in [-0.39, 0.29) is 5.91 Å². The van der Waals surface area contributed by atoms with Crippen molar-refractivity contribution in [3.05, 3.63) is 59.9 Å². The minimum Gasteiger partial charge on any atom is -0.368 e. The number of aromatic nitrogens is 1. The Labute approximate surface area is 116 Å². The van der Waals surface area contributed by atoms with Crippen molar-refractivity contribution in [1.29, 1.82) is 0 Å². The number of amides is 1. The average Bonchev–Trinajstić information content (AvgIpc) is 3.03. The summed E-state index contributed by atoms with van der Waals surface area (Å²) in [5, 5.41) is 6.12. The number of nitrogens with one attached hydrogen (secondary N) is 2. The monoisotopic (exact) mass is 266 g/mol. The van der Waals surface area contributed by atoms with Gasteiger partial charge in [-0.25, -0.2) is 0 Å². The third-order valence-electron chi connectivity index (χ3n) is 3.03. The summed E-state index contributed by atoms with van der Waals surface area (Å²) in [6.45, 7) is 1.60. The summed E-state index contributed by atoms with van der Waals surface area (Å²) >= 11 is 0. The van der Waals surface area contributed by atoms with Gasteiger partial charge in [0.1, 0.15) is 5.84 Å². The fraction of sp³-hybridized carbons (Fsp3) is 0.133. The molecule has 100 valence electrons. The minimum absolute atomic E-state index is 0.177. The highest BCUT2D eigenvalue weighted by Crippen LogP contribution is 2.17. The van der Waals surface area contributed by atoms with Crippen LogP contribution in [0.25, 0.3) is 0 Å². The van der Waals surface area contributed by atoms with Crippen LogP contribution in [-0.4, -0.2) is 29.8 Å². The number of anilines is 1. The van der Waals surface area contributed by atoms with Crippen molar-refractivity contribution < 1.29 is 4.79 Å². The zero-order valence-electron chi connectivity index (χ0n) is 10.8. The Morgan fingerprint density at radius 2 is 2.10 bits per heavy atom. The smallest absolute Gasteiger partial charge is 0.257 e. The van der Waals surface area contributed by atoms with Gasteiger partial charge < -0.3 is 10.6 Å². The fourth-order valence-electron chi connectivity index (χ4n) is 2.07. The topological polar surface area (TPSA) is 66.4 Å². The molecule has 2 aromatic rings. The van der Waals surface area contributed by atoms with Crippen molar-refractivity contribution in [2.24, 2.45) is 4.99 Å². The summed E-state index contributed by atoms with van der Waals surface area (Å²) in [6, 6.07) is 11.1. The van der Waals surface area contributed by atoms with E-state index in [0.717, 1.165) is 30.2 Å². The largest absolute Gasteiger partial charge is 0.368 e. The Hall–Kier alpha value is -2.69. The van der Waals surface area contributed by atoms with Crippen LogP contribution < -0.4 is 10.6 Å². The SMILES string of the molecule is O=C(Nc1ccccc1C1=NCCN1)c1cccnc1. The lowest BCUT2D eigenvalue weighted by Crippen LogP contribution is -2.22. The fourth-order valence-corrected chi connectivity index (χ4v) is 2.07. The molecule has 0 atom stereocenters. The van der Waals surface area contributed by atoms with E-state index >= 15 is 0 Å². The molecular weight excluding hydrogens is 252 g/mol. The average molecular weight is 266 g/mol. The van der Waals surface area contributed by atoms with Crippen LogP contribution in [0.3, 0.4) is 0 Å². The van der Waals surface area contributed by atoms with E-state index in [0.29, 0.717) is 5.56 Å². The maximum atomic E-state index is 12.2. The number of aliphatic imine (C=N–C) groups is 1. The van der Waals surface area contributed by atoms with Gasteiger partial charge in [0.25, 0.3) is 5.91 Å². The number of benzene rings is 1. The Morgan fingerprint density at radius 3 is 2.85 bits per heavy atom. The molecular formula is C15H14N4O. The third-order valence-corrected chi connectivity index (χ3v) is 3.03. The molecule has 0 unspecified atom stereocenters. The Balaban J connectivity index is 1.86. The van der Waals surface area contributed by atoms with Gasteiger partial charge in [-0.3, -0.25) is 14.8 Å². The van der Waals surface area contributed by atoms with E-state index in [1.165, 1.54) is 0 Å². The molecule has 0 saturated heterocycles. The maximum absolute atomic E-state index is 12.2. The van der Waals surface area contributed by atoms with E-state index in [2.05, 4.69) is 20.6 Å². The predicted octanol–water partition coefficient (Wildman–Crippen LogP) is 1.68. The van der Waals surface area contributed by atoms with E-state index in [9.17, 15) is 4.79 Å². The second kappa shape index (κ2) is 5.52. The zero-order valence-corrected chi connectivity index (χ0v) is 10.8. The van der Waals surface area contributed by atoms with Crippen molar-refractivity contribution in [3.63, 3.8) is 0 Å². The lowest BCUT2D eigenvalue weighted by molar-refractivity contribution is 0.102. The first-order valence-electron chi connectivity index (χ1n) is 6.44. The van der Waals surface area contributed by atoms with Crippen LogP contribution in [0.2, 0.25) is 0 Å². The summed E-state index contributed by atoms with van der Waals surface area (Å²) in [4.78, 5) is 20.5. The highest BCUT2D eigenvalue weighted by Gasteiger charge is 2.14. The van der Waals surface area contributed by atoms with Gasteiger partial charge in [0.05, 0.1) is 17.8 Å². The number of rotatable bonds is 3. The van der Waals surface area contributed by atoms with Crippen molar-refractivity contribution in [1.82, 2.24) is 10.3 Å². The number of carbonyl (C=O) groups is 1. The van der Waals surface area contributed by atoms with Gasteiger partial charge in [-0.2, -0.15) is 0 Å². The van der Waals surface area contributed by atoms with E-state index in [1.807, 2.05) is 24.3 Å². The number of hydrogen-bond acceptors (Lipinski definition) is 4. The molecule has 1 aliphatic heterocycles. The molecule has 1 aromatic carbocycles. The molecule has 0 aliphatic carbocycles. The van der Waals surface area contributed by atoms with Crippen LogP contribution in [0.4, 0.5) is 5.69 Å². The van der Waals surface area contributed by atoms with Crippen LogP contribution in [-0.2, 0) is 0 Å². The summed E-state index contributed by atoms with van der Waals surface area (Å²) in [5.74, 6) is 0.649. The van der Waals surface area contributed by atoms with Gasteiger partial charge in [-0.15, -0.1) is 0 Å². The Morgan fingerprint density at radius 1 is 1.20 bits per heavy atom. The molecule has 5 nitrogen and oxygen atoms in total. The molecule has 1 aliphatic rings. The van der Waals surface area contributed by atoms with Gasteiger partial charge in [0.2, 0.25) is 0 Å². The lowest BCUT2D eigenvalue weighted by Gasteiger charge is -2.11. The highest BCUT2D eigenvalue weighted by atomic mass is 16.1. The second-order valence-electron chi connectivity index (χ2n) is 4.40. The van der Waals surface area contributed by atoms with Crippen molar-refractivity contribution in [2.75, 3.05) is 18.4 Å². The lowest BCUT2D eigenvalue weighted by atomic mass is 10.1. The van der Waals surface area contributed by atoms with Gasteiger partial charge in [0.15, 0.2) is 0 Å². The number of carbonyl (C=O) groups excluding carboxylic acids is 1. The predicted molar refractivity (Wildman–Crippen MR) is 78.0 cm³/mol. The number of hydrogen-bond donors (Lipinski definition) is 2. The number of para-hydroxylation sites is 1. The van der Waals surface area contributed by atoms with Gasteiger partial charge in [-0.05, 0) is 24.3 Å². The van der Waals surface area contributed by atoms with E-state index in [1.54, 1.807) is 24.5 Å². The molecule has 20 heavy (non-hydrogen) atoms. The zero-order chi connectivity index (χ0) is 13.8. The number of amidine groups is 1. The van der Waals surface area contributed by atoms with Gasteiger partial charge in [0, 0.05) is 24.5 Å². The first kappa shape index (κ1) is 12.3. The van der Waals surface area contributed by atoms with Crippen molar-refractivity contribution in [3.8, 4) is 0 Å². The normalized spacial score (nSPS) is 13.5. The molecule has 0 radical (unpaired) electrons. The van der Waals surface area contributed by atoms with Gasteiger partial charge in [-0.1, -0.05) is 12.1 Å². The van der Waals surface area contributed by atoms with Crippen LogP contribution in [0.1, 0.15) is 15.9 Å². The summed E-state index contributed by atoms with van der Waals surface area (Å²) in [5.41, 5.74) is 2.18. The van der Waals surface area contributed by atoms with Crippen LogP contribution in [0.15, 0.2) is 53.8 Å². The Kier molecular flexibility index (Phi) is 3.41. The number of nitrogens with zero attached hydrogens (tertiary/aromatic N) is 2. The summed E-state index contributed by atoms with van der Waals surface area (Å²) in [7, 11) is 0. The summed E-state index contributed by atoms with van der Waals surface area (Å²) in [6.07, 6.45) is 3.19. The molecule has 0 spiro atoms. The molecule has 2 N–H and O–H groups in total. The van der Waals surface area contributed by atoms with Crippen LogP contribution in [0.5, 0.6) is 0 Å². The molecule has 1 aromatic heterocycles. The first-order valence-corrected chi connectivity index (χ1v) is 6.44. The Bertz CT molecular complexity index is 652. The molecule has 0 bridgehead atoms. The van der Waals surface area contributed by atoms with Crippen molar-refractivity contribution in [2.45, 2.75) is 0 Å². The third kappa shape index (κ3) is 2.51. The highest BCUT2D eigenvalue weighted by molar-refractivity contribution is 6.10. The minimum atomic E-state index is -0.177. The van der Waals surface area contributed by atoms with E-state index in [4.69, 9.17) is 0 Å². The number of pyridine rings is 1. The molecule has 1 amide bonds. The van der Waals surface area contributed by atoms with Crippen molar-refractivity contribution >= 4 is 17.4 Å². The molecule has 2 heterocycles. The summed E-state index contributed by atoms with van der Waals surface area (Å²) < 4.78 is 0. The quantitative estimate of drug-likeness (QED) is 0.888. The van der Waals surface area contributed by atoms with E-state index < -0.39 is 0 Å². The standard InChI is InChI=1S/C15H14N4O/c20-15(11-4-3-7-16-10-11)19-13-6-2-1-5-12(13)14-17-8-9-18-14/h1-7,10H,8-9H2,(H,17,18)(H,19,20). The maximum Gasteiger partial charge on any atom is 0.257 e. The first-order chi connectivity index (χ1) is 9.84. The molecule has 3 rings (SSSR count).